The van der Waals surface area contributed by atoms with Crippen LogP contribution in [0.3, 0.4) is 0 Å². The second kappa shape index (κ2) is 8.85. The predicted molar refractivity (Wildman–Crippen MR) is 143 cm³/mol. The zero-order valence-electron chi connectivity index (χ0n) is 21.2. The number of benzene rings is 2. The second-order valence-electron chi connectivity index (χ2n) is 10.3. The monoisotopic (exact) mass is 499 g/mol. The van der Waals surface area contributed by atoms with Crippen LogP contribution in [-0.4, -0.2) is 54.5 Å². The van der Waals surface area contributed by atoms with E-state index in [-0.39, 0.29) is 28.9 Å². The predicted octanol–water partition coefficient (Wildman–Crippen LogP) is 5.08. The maximum atomic E-state index is 15.1. The van der Waals surface area contributed by atoms with E-state index in [9.17, 15) is 4.79 Å². The van der Waals surface area contributed by atoms with Crippen molar-refractivity contribution in [1.82, 2.24) is 29.6 Å². The lowest BCUT2D eigenvalue weighted by Crippen LogP contribution is -2.37. The summed E-state index contributed by atoms with van der Waals surface area (Å²) in [7, 11) is 0. The van der Waals surface area contributed by atoms with Gasteiger partial charge in [-0.05, 0) is 94.6 Å². The number of likely N-dealkylation sites (tertiary alicyclic amines) is 1. The maximum absolute atomic E-state index is 15.1. The van der Waals surface area contributed by atoms with Gasteiger partial charge in [0.1, 0.15) is 17.5 Å². The number of nitrogens with zero attached hydrogens (tertiary/aromatic N) is 4. The van der Waals surface area contributed by atoms with Crippen LogP contribution < -0.4 is 5.73 Å². The molecule has 0 aliphatic carbocycles. The van der Waals surface area contributed by atoms with Gasteiger partial charge in [0.2, 0.25) is 5.78 Å². The van der Waals surface area contributed by atoms with E-state index in [1.165, 1.54) is 16.9 Å². The molecule has 0 radical (unpaired) electrons. The minimum absolute atomic E-state index is 0.179. The van der Waals surface area contributed by atoms with E-state index < -0.39 is 0 Å². The lowest BCUT2D eigenvalue weighted by atomic mass is 9.88. The number of piperidine rings is 1. The highest BCUT2D eigenvalue weighted by atomic mass is 19.1. The van der Waals surface area contributed by atoms with Crippen molar-refractivity contribution in [3.63, 3.8) is 0 Å². The Morgan fingerprint density at radius 2 is 1.89 bits per heavy atom. The second-order valence-corrected chi connectivity index (χ2v) is 10.3. The molecule has 0 amide bonds. The molecule has 0 bridgehead atoms. The Morgan fingerprint density at radius 1 is 1.11 bits per heavy atom. The lowest BCUT2D eigenvalue weighted by Gasteiger charge is -2.34. The number of rotatable bonds is 5. The van der Waals surface area contributed by atoms with Crippen molar-refractivity contribution in [2.75, 3.05) is 18.8 Å². The number of hydrogen-bond donors (Lipinski definition) is 3. The summed E-state index contributed by atoms with van der Waals surface area (Å²) in [6, 6.07) is 11.3. The summed E-state index contributed by atoms with van der Waals surface area (Å²) in [5, 5.41) is 5.18. The van der Waals surface area contributed by atoms with Crippen molar-refractivity contribution in [3.8, 4) is 5.69 Å². The number of aryl methyl sites for hydroxylation is 1. The van der Waals surface area contributed by atoms with Gasteiger partial charge in [0.25, 0.3) is 0 Å². The van der Waals surface area contributed by atoms with Crippen molar-refractivity contribution < 1.29 is 9.18 Å². The minimum Gasteiger partial charge on any atom is -0.383 e. The molecule has 9 heteroatoms. The molecule has 1 aliphatic heterocycles. The minimum atomic E-state index is -0.286. The number of halogens is 1. The molecule has 6 rings (SSSR count). The first-order chi connectivity index (χ1) is 17.8. The standard InChI is InChI=1S/C28H30FN7O/c1-15(2)35-8-6-17(7-9-35)20-10-18-11-26(34-24(18)13-22(20)29)27(37)21-14-31-36(28(21)30)19-4-5-23-25(12-19)33-16(3)32-23/h4-5,10-15,17,34H,6-9,30H2,1-3H3,(H,32,33). The first-order valence-electron chi connectivity index (χ1n) is 12.7. The molecule has 190 valence electrons. The van der Waals surface area contributed by atoms with Crippen molar-refractivity contribution in [2.45, 2.75) is 45.6 Å². The topological polar surface area (TPSA) is 109 Å². The quantitative estimate of drug-likeness (QED) is 0.292. The molecule has 2 aromatic carbocycles. The third kappa shape index (κ3) is 4.09. The Balaban J connectivity index is 1.28. The van der Waals surface area contributed by atoms with E-state index >= 15 is 4.39 Å². The number of imidazole rings is 1. The number of fused-ring (bicyclic) bond motifs is 2. The van der Waals surface area contributed by atoms with Gasteiger partial charge in [-0.1, -0.05) is 0 Å². The third-order valence-corrected chi connectivity index (χ3v) is 7.56. The molecule has 4 N–H and O–H groups in total. The van der Waals surface area contributed by atoms with Crippen LogP contribution in [0.2, 0.25) is 0 Å². The average Bonchev–Trinajstić information content (AvgIpc) is 3.58. The summed E-state index contributed by atoms with van der Waals surface area (Å²) in [6.45, 7) is 8.21. The van der Waals surface area contributed by atoms with Gasteiger partial charge in [0.05, 0.1) is 34.2 Å². The van der Waals surface area contributed by atoms with Crippen LogP contribution in [-0.2, 0) is 0 Å². The van der Waals surface area contributed by atoms with Crippen LogP contribution in [0.1, 0.15) is 60.0 Å². The van der Waals surface area contributed by atoms with E-state index in [0.29, 0.717) is 17.3 Å². The number of aromatic amines is 2. The number of nitrogens with two attached hydrogens (primary N) is 1. The number of ketones is 1. The van der Waals surface area contributed by atoms with Gasteiger partial charge in [-0.15, -0.1) is 0 Å². The highest BCUT2D eigenvalue weighted by Gasteiger charge is 2.25. The molecule has 0 saturated carbocycles. The van der Waals surface area contributed by atoms with Crippen LogP contribution in [0.4, 0.5) is 10.2 Å². The lowest BCUT2D eigenvalue weighted by molar-refractivity contribution is 0.103. The molecule has 1 fully saturated rings. The number of nitrogen functional groups attached to an aromatic ring is 1. The molecule has 4 heterocycles. The van der Waals surface area contributed by atoms with Crippen LogP contribution in [0.15, 0.2) is 42.6 Å². The normalized spacial score (nSPS) is 15.4. The zero-order valence-corrected chi connectivity index (χ0v) is 21.2. The van der Waals surface area contributed by atoms with E-state index in [4.69, 9.17) is 5.73 Å². The number of nitrogens with one attached hydrogen (secondary N) is 2. The third-order valence-electron chi connectivity index (χ3n) is 7.56. The summed E-state index contributed by atoms with van der Waals surface area (Å²) >= 11 is 0. The number of aromatic nitrogens is 5. The zero-order chi connectivity index (χ0) is 25.8. The molecule has 1 aliphatic rings. The molecular weight excluding hydrogens is 469 g/mol. The molecule has 3 aromatic heterocycles. The molecule has 0 spiro atoms. The van der Waals surface area contributed by atoms with Crippen molar-refractivity contribution in [1.29, 1.82) is 0 Å². The number of carbonyl (C=O) groups is 1. The molecule has 8 nitrogen and oxygen atoms in total. The summed E-state index contributed by atoms with van der Waals surface area (Å²) in [5.41, 5.74) is 10.8. The van der Waals surface area contributed by atoms with Crippen LogP contribution in [0.25, 0.3) is 27.6 Å². The number of anilines is 1. The Bertz CT molecular complexity index is 1640. The van der Waals surface area contributed by atoms with Crippen molar-refractivity contribution >= 4 is 33.5 Å². The fourth-order valence-electron chi connectivity index (χ4n) is 5.47. The Labute approximate surface area is 213 Å². The summed E-state index contributed by atoms with van der Waals surface area (Å²) in [4.78, 5) is 26.5. The number of hydrogen-bond acceptors (Lipinski definition) is 5. The average molecular weight is 500 g/mol. The van der Waals surface area contributed by atoms with Gasteiger partial charge in [0, 0.05) is 16.9 Å². The van der Waals surface area contributed by atoms with Crippen molar-refractivity contribution in [2.24, 2.45) is 0 Å². The number of H-pyrrole nitrogens is 2. The Kier molecular flexibility index (Phi) is 5.60. The maximum Gasteiger partial charge on any atom is 0.214 e. The van der Waals surface area contributed by atoms with E-state index in [1.54, 1.807) is 6.07 Å². The van der Waals surface area contributed by atoms with E-state index in [2.05, 4.69) is 38.8 Å². The molecule has 1 saturated heterocycles. The van der Waals surface area contributed by atoms with Gasteiger partial charge in [-0.25, -0.2) is 14.1 Å². The van der Waals surface area contributed by atoms with Crippen LogP contribution in [0.5, 0.6) is 0 Å². The highest BCUT2D eigenvalue weighted by molar-refractivity contribution is 6.12. The summed E-state index contributed by atoms with van der Waals surface area (Å²) < 4.78 is 16.6. The molecular formula is C28H30FN7O. The van der Waals surface area contributed by atoms with Gasteiger partial charge in [0.15, 0.2) is 0 Å². The van der Waals surface area contributed by atoms with E-state index in [0.717, 1.165) is 59.4 Å². The van der Waals surface area contributed by atoms with Crippen LogP contribution >= 0.6 is 0 Å². The smallest absolute Gasteiger partial charge is 0.214 e. The van der Waals surface area contributed by atoms with Crippen molar-refractivity contribution in [3.05, 3.63) is 71.1 Å². The molecule has 0 unspecified atom stereocenters. The first kappa shape index (κ1) is 23.4. The molecule has 37 heavy (non-hydrogen) atoms. The Hall–Kier alpha value is -3.98. The molecule has 0 atom stereocenters. The van der Waals surface area contributed by atoms with E-state index in [1.807, 2.05) is 31.2 Å². The van der Waals surface area contributed by atoms with Gasteiger partial charge in [-0.2, -0.15) is 5.10 Å². The number of carbonyl (C=O) groups excluding carboxylic acids is 1. The fraction of sp³-hybridized carbons (Fsp3) is 0.321. The van der Waals surface area contributed by atoms with Gasteiger partial charge in [-0.3, -0.25) is 4.79 Å². The van der Waals surface area contributed by atoms with Gasteiger partial charge < -0.3 is 20.6 Å². The highest BCUT2D eigenvalue weighted by Crippen LogP contribution is 2.33. The summed E-state index contributed by atoms with van der Waals surface area (Å²) in [6.07, 6.45) is 3.33. The molecule has 5 aromatic rings. The summed E-state index contributed by atoms with van der Waals surface area (Å²) in [5.74, 6) is 0.718. The SMILES string of the molecule is Cc1nc2ccc(-n3ncc(C(=O)c4cc5cc(C6CCN(C(C)C)CC6)c(F)cc5[nH]4)c3N)cc2[nH]1. The van der Waals surface area contributed by atoms with Crippen LogP contribution in [0, 0.1) is 12.7 Å². The Morgan fingerprint density at radius 3 is 2.65 bits per heavy atom. The largest absolute Gasteiger partial charge is 0.383 e. The fourth-order valence-corrected chi connectivity index (χ4v) is 5.47. The first-order valence-corrected chi connectivity index (χ1v) is 12.7. The van der Waals surface area contributed by atoms with Gasteiger partial charge >= 0.3 is 0 Å².